The van der Waals surface area contributed by atoms with Crippen LogP contribution in [0.25, 0.3) is 65.7 Å². The number of rotatable bonds is 5. The summed E-state index contributed by atoms with van der Waals surface area (Å²) >= 11 is 0. The van der Waals surface area contributed by atoms with Crippen molar-refractivity contribution >= 4 is 32.3 Å². The predicted octanol–water partition coefficient (Wildman–Crippen LogP) is 11.0. The van der Waals surface area contributed by atoms with Gasteiger partial charge in [-0.25, -0.2) is 0 Å². The number of ether oxygens (including phenoxy) is 1. The van der Waals surface area contributed by atoms with Crippen molar-refractivity contribution in [1.82, 2.24) is 0 Å². The molecule has 0 bridgehead atoms. The van der Waals surface area contributed by atoms with Crippen molar-refractivity contribution in [1.29, 1.82) is 0 Å². The highest BCUT2D eigenvalue weighted by Gasteiger charge is 2.34. The highest BCUT2D eigenvalue weighted by Crippen LogP contribution is 2.50. The van der Waals surface area contributed by atoms with Gasteiger partial charge in [0.05, 0.1) is 18.8 Å². The highest BCUT2D eigenvalue weighted by molar-refractivity contribution is 6.28. The van der Waals surface area contributed by atoms with Gasteiger partial charge in [0.15, 0.2) is 0 Å². The molecule has 1 aliphatic rings. The number of fused-ring (bicyclic) bond motifs is 3. The maximum absolute atomic E-state index is 10.6. The van der Waals surface area contributed by atoms with Gasteiger partial charge in [0.25, 0.3) is 0 Å². The van der Waals surface area contributed by atoms with Crippen LogP contribution in [0.1, 0.15) is 18.1 Å². The zero-order chi connectivity index (χ0) is 33.9. The molecule has 1 unspecified atom stereocenters. The van der Waals surface area contributed by atoms with Crippen molar-refractivity contribution in [3.63, 3.8) is 0 Å². The summed E-state index contributed by atoms with van der Waals surface area (Å²) in [4.78, 5) is 0. The van der Waals surface area contributed by atoms with Gasteiger partial charge in [-0.1, -0.05) is 164 Å². The van der Waals surface area contributed by atoms with Crippen LogP contribution in [0.4, 0.5) is 0 Å². The Hall–Kier alpha value is -5.58. The molecule has 1 aliphatic heterocycles. The van der Waals surface area contributed by atoms with Gasteiger partial charge in [0.1, 0.15) is 6.10 Å². The number of aliphatic hydroxyl groups excluding tert-OH is 2. The standard InChI is InChI=1S/C41H32O3.C6H6/c42-25-37-35(43)24-36(44-37)30-20-21-32-33(23-30)40(28-16-8-3-9-17-28)41-34(38(32)26-12-4-1-5-13-26)22-29-18-10-11-19-31(29)39(41)27-14-6-2-7-15-27;1-2-4-6-5-3-1/h1-23,35-37,42-43H,24-25H2;1-6H/t35?,36-,37+;/m0./s1. The molecule has 1 saturated heterocycles. The maximum atomic E-state index is 10.6. The second-order valence-electron chi connectivity index (χ2n) is 12.9. The van der Waals surface area contributed by atoms with Gasteiger partial charge in [-0.3, -0.25) is 0 Å². The molecule has 0 aliphatic carbocycles. The summed E-state index contributed by atoms with van der Waals surface area (Å²) in [6.07, 6.45) is -1.11. The molecule has 3 heteroatoms. The fourth-order valence-corrected chi connectivity index (χ4v) is 7.49. The van der Waals surface area contributed by atoms with E-state index in [1.807, 2.05) is 36.4 Å². The van der Waals surface area contributed by atoms with Crippen LogP contribution in [0.5, 0.6) is 0 Å². The summed E-state index contributed by atoms with van der Waals surface area (Å²) in [5, 5.41) is 27.5. The monoisotopic (exact) mass is 650 g/mol. The Labute approximate surface area is 292 Å². The molecular formula is C47H38O3. The van der Waals surface area contributed by atoms with Crippen LogP contribution in [0.3, 0.4) is 0 Å². The Kier molecular flexibility index (Phi) is 8.94. The summed E-state index contributed by atoms with van der Waals surface area (Å²) in [5.41, 5.74) is 8.09. The number of aliphatic hydroxyl groups is 2. The van der Waals surface area contributed by atoms with Crippen LogP contribution in [0, 0.1) is 0 Å². The molecule has 3 nitrogen and oxygen atoms in total. The molecule has 2 N–H and O–H groups in total. The van der Waals surface area contributed by atoms with E-state index in [1.54, 1.807) is 0 Å². The Bertz CT molecular complexity index is 2350. The fraction of sp³-hybridized carbons (Fsp3) is 0.106. The van der Waals surface area contributed by atoms with Crippen molar-refractivity contribution in [2.45, 2.75) is 24.7 Å². The van der Waals surface area contributed by atoms with E-state index < -0.39 is 12.2 Å². The van der Waals surface area contributed by atoms with E-state index in [0.717, 1.165) is 27.5 Å². The topological polar surface area (TPSA) is 49.7 Å². The Morgan fingerprint density at radius 1 is 0.480 bits per heavy atom. The number of hydrogen-bond donors (Lipinski definition) is 2. The van der Waals surface area contributed by atoms with Gasteiger partial charge in [0.2, 0.25) is 0 Å². The first kappa shape index (κ1) is 31.7. The zero-order valence-corrected chi connectivity index (χ0v) is 27.7. The normalized spacial score (nSPS) is 17.1. The van der Waals surface area contributed by atoms with Crippen molar-refractivity contribution in [2.75, 3.05) is 6.61 Å². The van der Waals surface area contributed by atoms with E-state index in [9.17, 15) is 10.2 Å². The molecule has 1 heterocycles. The van der Waals surface area contributed by atoms with Gasteiger partial charge in [-0.15, -0.1) is 0 Å². The molecule has 0 aromatic heterocycles. The molecular weight excluding hydrogens is 613 g/mol. The fourth-order valence-electron chi connectivity index (χ4n) is 7.49. The van der Waals surface area contributed by atoms with Crippen LogP contribution in [-0.4, -0.2) is 29.0 Å². The van der Waals surface area contributed by atoms with Crippen molar-refractivity contribution in [3.05, 3.63) is 181 Å². The van der Waals surface area contributed by atoms with Gasteiger partial charge in [-0.2, -0.15) is 0 Å². The van der Waals surface area contributed by atoms with E-state index >= 15 is 0 Å². The van der Waals surface area contributed by atoms with E-state index in [2.05, 4.69) is 140 Å². The van der Waals surface area contributed by atoms with Gasteiger partial charge in [-0.05, 0) is 83.4 Å². The first-order chi connectivity index (χ1) is 24.7. The van der Waals surface area contributed by atoms with Crippen LogP contribution < -0.4 is 0 Å². The second kappa shape index (κ2) is 14.1. The molecule has 3 atom stereocenters. The molecule has 1 fully saturated rings. The average Bonchev–Trinajstić information content (AvgIpc) is 3.58. The third-order valence-corrected chi connectivity index (χ3v) is 9.78. The van der Waals surface area contributed by atoms with E-state index in [1.165, 1.54) is 43.8 Å². The summed E-state index contributed by atoms with van der Waals surface area (Å²) in [5.74, 6) is 0. The zero-order valence-electron chi connectivity index (χ0n) is 27.7. The van der Waals surface area contributed by atoms with Crippen molar-refractivity contribution < 1.29 is 14.9 Å². The first-order valence-corrected chi connectivity index (χ1v) is 17.3. The van der Waals surface area contributed by atoms with E-state index in [4.69, 9.17) is 4.74 Å². The quantitative estimate of drug-likeness (QED) is 0.182. The summed E-state index contributed by atoms with van der Waals surface area (Å²) in [6, 6.07) is 61.7. The van der Waals surface area contributed by atoms with Crippen molar-refractivity contribution in [3.8, 4) is 33.4 Å². The smallest absolute Gasteiger partial charge is 0.107 e. The van der Waals surface area contributed by atoms with E-state index in [0.29, 0.717) is 6.42 Å². The minimum atomic E-state index is -0.693. The lowest BCUT2D eigenvalue weighted by Gasteiger charge is -2.23. The first-order valence-electron chi connectivity index (χ1n) is 17.3. The average molecular weight is 651 g/mol. The lowest BCUT2D eigenvalue weighted by Crippen LogP contribution is -2.24. The van der Waals surface area contributed by atoms with E-state index in [-0.39, 0.29) is 12.7 Å². The summed E-state index contributed by atoms with van der Waals surface area (Å²) < 4.78 is 6.16. The van der Waals surface area contributed by atoms with Gasteiger partial charge < -0.3 is 14.9 Å². The number of benzene rings is 8. The summed E-state index contributed by atoms with van der Waals surface area (Å²) in [6.45, 7) is -0.198. The largest absolute Gasteiger partial charge is 0.394 e. The Balaban J connectivity index is 0.000000547. The molecule has 50 heavy (non-hydrogen) atoms. The SMILES string of the molecule is OC[C@H]1O[C@H](c2ccc3c(-c4ccccc4)c4cc5ccccc5c(-c5ccccc5)c4c(-c4ccccc4)c3c2)CC1O.c1ccccc1. The predicted molar refractivity (Wildman–Crippen MR) is 207 cm³/mol. The lowest BCUT2D eigenvalue weighted by atomic mass is 9.80. The lowest BCUT2D eigenvalue weighted by molar-refractivity contribution is -0.0225. The van der Waals surface area contributed by atoms with Gasteiger partial charge >= 0.3 is 0 Å². The molecule has 8 aromatic carbocycles. The second-order valence-corrected chi connectivity index (χ2v) is 12.9. The van der Waals surface area contributed by atoms with Crippen molar-refractivity contribution in [2.24, 2.45) is 0 Å². The highest BCUT2D eigenvalue weighted by atomic mass is 16.5. The minimum Gasteiger partial charge on any atom is -0.394 e. The van der Waals surface area contributed by atoms with Crippen LogP contribution in [-0.2, 0) is 4.74 Å². The molecule has 8 aromatic rings. The molecule has 0 amide bonds. The Morgan fingerprint density at radius 3 is 1.54 bits per heavy atom. The third kappa shape index (κ3) is 5.97. The molecule has 0 saturated carbocycles. The number of hydrogen-bond acceptors (Lipinski definition) is 3. The minimum absolute atomic E-state index is 0.198. The maximum Gasteiger partial charge on any atom is 0.107 e. The summed E-state index contributed by atoms with van der Waals surface area (Å²) in [7, 11) is 0. The van der Waals surface area contributed by atoms with Crippen LogP contribution in [0.2, 0.25) is 0 Å². The van der Waals surface area contributed by atoms with Crippen LogP contribution in [0.15, 0.2) is 176 Å². The third-order valence-electron chi connectivity index (χ3n) is 9.78. The Morgan fingerprint density at radius 2 is 0.980 bits per heavy atom. The van der Waals surface area contributed by atoms with Crippen LogP contribution >= 0.6 is 0 Å². The molecule has 0 spiro atoms. The molecule has 9 rings (SSSR count). The molecule has 244 valence electrons. The molecule has 0 radical (unpaired) electrons. The van der Waals surface area contributed by atoms with Gasteiger partial charge in [0, 0.05) is 6.42 Å².